The Morgan fingerprint density at radius 3 is 2.52 bits per heavy atom. The van der Waals surface area contributed by atoms with Gasteiger partial charge in [0, 0.05) is 10.9 Å². The predicted molar refractivity (Wildman–Crippen MR) is 106 cm³/mol. The first-order chi connectivity index (χ1) is 12.2. The normalized spacial score (nSPS) is 12.2. The molecule has 0 spiro atoms. The molecule has 4 heteroatoms. The number of fused-ring (bicyclic) bond motifs is 1. The number of hydrogen-bond donors (Lipinski definition) is 1. The number of anilines is 1. The molecule has 25 heavy (non-hydrogen) atoms. The van der Waals surface area contributed by atoms with Crippen LogP contribution in [0.2, 0.25) is 0 Å². The summed E-state index contributed by atoms with van der Waals surface area (Å²) in [4.78, 5) is 11.2. The second-order valence-corrected chi connectivity index (χ2v) is 7.17. The molecule has 0 aliphatic rings. The van der Waals surface area contributed by atoms with Gasteiger partial charge in [0.25, 0.3) is 0 Å². The summed E-state index contributed by atoms with van der Waals surface area (Å²) < 4.78 is 0. The summed E-state index contributed by atoms with van der Waals surface area (Å²) in [5.41, 5.74) is 3.77. The van der Waals surface area contributed by atoms with Crippen molar-refractivity contribution in [3.05, 3.63) is 78.1 Å². The van der Waals surface area contributed by atoms with Crippen molar-refractivity contribution < 1.29 is 0 Å². The molecule has 0 fully saturated rings. The van der Waals surface area contributed by atoms with Crippen LogP contribution in [0.15, 0.2) is 67.0 Å². The van der Waals surface area contributed by atoms with Crippen LogP contribution < -0.4 is 5.32 Å². The quantitative estimate of drug-likeness (QED) is 0.505. The van der Waals surface area contributed by atoms with E-state index in [2.05, 4.69) is 83.7 Å². The molecule has 1 N–H and O–H groups in total. The van der Waals surface area contributed by atoms with E-state index in [0.29, 0.717) is 0 Å². The van der Waals surface area contributed by atoms with E-state index in [4.69, 9.17) is 0 Å². The van der Waals surface area contributed by atoms with Crippen LogP contribution in [-0.2, 0) is 0 Å². The second kappa shape index (κ2) is 6.65. The number of benzene rings is 2. The zero-order valence-electron chi connectivity index (χ0n) is 14.2. The van der Waals surface area contributed by atoms with Gasteiger partial charge >= 0.3 is 0 Å². The fourth-order valence-electron chi connectivity index (χ4n) is 2.98. The summed E-state index contributed by atoms with van der Waals surface area (Å²) in [6.45, 7) is 4.29. The molecule has 1 atom stereocenters. The van der Waals surface area contributed by atoms with E-state index < -0.39 is 0 Å². The average Bonchev–Trinajstić information content (AvgIpc) is 3.08. The number of rotatable bonds is 4. The number of thiophene rings is 1. The van der Waals surface area contributed by atoms with Crippen molar-refractivity contribution in [1.29, 1.82) is 0 Å². The van der Waals surface area contributed by atoms with Gasteiger partial charge in [-0.2, -0.15) is 0 Å². The maximum absolute atomic E-state index is 4.49. The van der Waals surface area contributed by atoms with Gasteiger partial charge in [-0.1, -0.05) is 54.6 Å². The maximum atomic E-state index is 4.49. The number of aryl methyl sites for hydroxylation is 1. The topological polar surface area (TPSA) is 37.8 Å². The molecule has 2 aromatic heterocycles. The third-order valence-corrected chi connectivity index (χ3v) is 5.47. The van der Waals surface area contributed by atoms with Gasteiger partial charge in [-0.25, -0.2) is 9.97 Å². The maximum Gasteiger partial charge on any atom is 0.138 e. The summed E-state index contributed by atoms with van der Waals surface area (Å²) in [5, 5.41) is 4.61. The van der Waals surface area contributed by atoms with Gasteiger partial charge in [-0.05, 0) is 36.6 Å². The Balaban J connectivity index is 1.72. The highest BCUT2D eigenvalue weighted by molar-refractivity contribution is 7.21. The van der Waals surface area contributed by atoms with Crippen LogP contribution in [0.3, 0.4) is 0 Å². The van der Waals surface area contributed by atoms with E-state index in [-0.39, 0.29) is 6.04 Å². The van der Waals surface area contributed by atoms with Crippen molar-refractivity contribution >= 4 is 27.4 Å². The number of nitrogens with zero attached hydrogens (tertiary/aromatic N) is 2. The van der Waals surface area contributed by atoms with E-state index in [0.717, 1.165) is 16.0 Å². The highest BCUT2D eigenvalue weighted by Gasteiger charge is 2.13. The Morgan fingerprint density at radius 1 is 0.960 bits per heavy atom. The van der Waals surface area contributed by atoms with Crippen LogP contribution in [0.25, 0.3) is 20.7 Å². The van der Waals surface area contributed by atoms with E-state index in [1.165, 1.54) is 21.6 Å². The molecule has 124 valence electrons. The zero-order chi connectivity index (χ0) is 17.2. The lowest BCUT2D eigenvalue weighted by Crippen LogP contribution is -2.08. The summed E-state index contributed by atoms with van der Waals surface area (Å²) in [6.07, 6.45) is 1.64. The van der Waals surface area contributed by atoms with Crippen molar-refractivity contribution in [1.82, 2.24) is 9.97 Å². The monoisotopic (exact) mass is 345 g/mol. The second-order valence-electron chi connectivity index (χ2n) is 6.14. The average molecular weight is 345 g/mol. The summed E-state index contributed by atoms with van der Waals surface area (Å²) in [5.74, 6) is 0.887. The first kappa shape index (κ1) is 15.8. The molecule has 0 saturated carbocycles. The summed E-state index contributed by atoms with van der Waals surface area (Å²) >= 11 is 1.71. The lowest BCUT2D eigenvalue weighted by molar-refractivity contribution is 0.876. The minimum Gasteiger partial charge on any atom is -0.363 e. The SMILES string of the molecule is Cc1ccccc1-c1cc2c(N[C@H](C)c3ccccc3)ncnc2s1. The molecule has 0 unspecified atom stereocenters. The van der Waals surface area contributed by atoms with E-state index in [1.54, 1.807) is 17.7 Å². The standard InChI is InChI=1S/C21H19N3S/c1-14-8-6-7-11-17(14)19-12-18-20(22-13-23-21(18)25-19)24-15(2)16-9-4-3-5-10-16/h3-13,15H,1-2H3,(H,22,23,24)/t15-/m1/s1. The van der Waals surface area contributed by atoms with Gasteiger partial charge < -0.3 is 5.32 Å². The molecule has 0 amide bonds. The Kier molecular flexibility index (Phi) is 4.20. The molecule has 0 bridgehead atoms. The minimum absolute atomic E-state index is 0.182. The zero-order valence-corrected chi connectivity index (χ0v) is 15.0. The molecule has 0 aliphatic heterocycles. The number of nitrogens with one attached hydrogen (secondary N) is 1. The fourth-order valence-corrected chi connectivity index (χ4v) is 4.07. The fraction of sp³-hybridized carbons (Fsp3) is 0.143. The van der Waals surface area contributed by atoms with Gasteiger partial charge in [-0.3, -0.25) is 0 Å². The van der Waals surface area contributed by atoms with Crippen LogP contribution in [0, 0.1) is 6.92 Å². The van der Waals surface area contributed by atoms with Crippen LogP contribution in [0.4, 0.5) is 5.82 Å². The predicted octanol–water partition coefficient (Wildman–Crippen LogP) is 5.84. The molecule has 3 nitrogen and oxygen atoms in total. The van der Waals surface area contributed by atoms with Crippen molar-refractivity contribution in [2.45, 2.75) is 19.9 Å². The van der Waals surface area contributed by atoms with Crippen molar-refractivity contribution in [2.24, 2.45) is 0 Å². The largest absolute Gasteiger partial charge is 0.363 e. The first-order valence-electron chi connectivity index (χ1n) is 8.34. The molecular weight excluding hydrogens is 326 g/mol. The van der Waals surface area contributed by atoms with Gasteiger partial charge in [0.15, 0.2) is 0 Å². The Labute approximate surface area is 151 Å². The van der Waals surface area contributed by atoms with Crippen molar-refractivity contribution in [3.63, 3.8) is 0 Å². The van der Waals surface area contributed by atoms with Crippen LogP contribution in [-0.4, -0.2) is 9.97 Å². The molecule has 0 radical (unpaired) electrons. The molecule has 0 aliphatic carbocycles. The lowest BCUT2D eigenvalue weighted by atomic mass is 10.1. The minimum atomic E-state index is 0.182. The molecule has 2 aromatic carbocycles. The Hall–Kier alpha value is -2.72. The summed E-state index contributed by atoms with van der Waals surface area (Å²) in [6, 6.07) is 21.2. The van der Waals surface area contributed by atoms with Crippen molar-refractivity contribution in [2.75, 3.05) is 5.32 Å². The smallest absolute Gasteiger partial charge is 0.138 e. The summed E-state index contributed by atoms with van der Waals surface area (Å²) in [7, 11) is 0. The Bertz CT molecular complexity index is 1010. The van der Waals surface area contributed by atoms with Crippen molar-refractivity contribution in [3.8, 4) is 10.4 Å². The van der Waals surface area contributed by atoms with E-state index in [1.807, 2.05) is 6.07 Å². The number of hydrogen-bond acceptors (Lipinski definition) is 4. The van der Waals surface area contributed by atoms with Crippen LogP contribution in [0.1, 0.15) is 24.1 Å². The van der Waals surface area contributed by atoms with Crippen LogP contribution in [0.5, 0.6) is 0 Å². The third kappa shape index (κ3) is 3.13. The highest BCUT2D eigenvalue weighted by Crippen LogP contribution is 2.37. The third-order valence-electron chi connectivity index (χ3n) is 4.39. The van der Waals surface area contributed by atoms with Crippen LogP contribution >= 0.6 is 11.3 Å². The van der Waals surface area contributed by atoms with Gasteiger partial charge in [0.2, 0.25) is 0 Å². The molecule has 2 heterocycles. The molecule has 4 rings (SSSR count). The van der Waals surface area contributed by atoms with Gasteiger partial charge in [-0.15, -0.1) is 11.3 Å². The van der Waals surface area contributed by atoms with Gasteiger partial charge in [0.05, 0.1) is 5.39 Å². The molecular formula is C21H19N3S. The highest BCUT2D eigenvalue weighted by atomic mass is 32.1. The van der Waals surface area contributed by atoms with E-state index >= 15 is 0 Å². The van der Waals surface area contributed by atoms with E-state index in [9.17, 15) is 0 Å². The molecule has 4 aromatic rings. The Morgan fingerprint density at radius 2 is 1.72 bits per heavy atom. The van der Waals surface area contributed by atoms with Gasteiger partial charge in [0.1, 0.15) is 17.0 Å². The first-order valence-corrected chi connectivity index (χ1v) is 9.16. The lowest BCUT2D eigenvalue weighted by Gasteiger charge is -2.15. The number of aromatic nitrogens is 2. The molecule has 0 saturated heterocycles.